The van der Waals surface area contributed by atoms with Crippen molar-refractivity contribution in [2.24, 2.45) is 5.10 Å². The molecule has 5 heteroatoms. The monoisotopic (exact) mass is 202 g/mol. The predicted octanol–water partition coefficient (Wildman–Crippen LogP) is 1.17. The summed E-state index contributed by atoms with van der Waals surface area (Å²) in [7, 11) is 0. The molecule has 15 heavy (non-hydrogen) atoms. The minimum atomic E-state index is 0.206. The van der Waals surface area contributed by atoms with Crippen LogP contribution in [0.1, 0.15) is 11.1 Å². The third kappa shape index (κ3) is 2.19. The van der Waals surface area contributed by atoms with Crippen molar-refractivity contribution in [3.05, 3.63) is 42.0 Å². The zero-order chi connectivity index (χ0) is 10.7. The first-order valence-electron chi connectivity index (χ1n) is 4.44. The fourth-order valence-corrected chi connectivity index (χ4v) is 1.16. The number of rotatable bonds is 2. The Morgan fingerprint density at radius 2 is 2.07 bits per heavy atom. The van der Waals surface area contributed by atoms with Crippen LogP contribution in [-0.4, -0.2) is 26.2 Å². The summed E-state index contributed by atoms with van der Waals surface area (Å²) in [5.74, 6) is 0.206. The van der Waals surface area contributed by atoms with Crippen molar-refractivity contribution in [2.75, 3.05) is 0 Å². The van der Waals surface area contributed by atoms with Gasteiger partial charge in [-0.05, 0) is 19.1 Å². The molecule has 0 aliphatic rings. The van der Waals surface area contributed by atoms with E-state index in [1.807, 2.05) is 19.1 Å². The topological polar surface area (TPSA) is 63.3 Å². The van der Waals surface area contributed by atoms with Crippen LogP contribution in [0.15, 0.2) is 36.0 Å². The van der Waals surface area contributed by atoms with E-state index in [9.17, 15) is 5.11 Å². The van der Waals surface area contributed by atoms with Gasteiger partial charge in [-0.2, -0.15) is 5.10 Å². The smallest absolute Gasteiger partial charge is 0.141 e. The van der Waals surface area contributed by atoms with E-state index in [0.717, 1.165) is 5.56 Å². The predicted molar refractivity (Wildman–Crippen MR) is 55.9 cm³/mol. The summed E-state index contributed by atoms with van der Waals surface area (Å²) in [6.45, 7) is 1.95. The summed E-state index contributed by atoms with van der Waals surface area (Å²) in [6.07, 6.45) is 4.51. The average Bonchev–Trinajstić information content (AvgIpc) is 2.72. The Hall–Kier alpha value is -2.17. The average molecular weight is 202 g/mol. The van der Waals surface area contributed by atoms with E-state index in [-0.39, 0.29) is 5.75 Å². The Morgan fingerprint density at radius 1 is 1.33 bits per heavy atom. The van der Waals surface area contributed by atoms with Gasteiger partial charge in [0.05, 0.1) is 6.21 Å². The van der Waals surface area contributed by atoms with Crippen LogP contribution in [0.3, 0.4) is 0 Å². The van der Waals surface area contributed by atoms with Gasteiger partial charge in [0.1, 0.15) is 18.4 Å². The number of aromatic hydroxyl groups is 1. The van der Waals surface area contributed by atoms with Crippen LogP contribution in [0.5, 0.6) is 5.75 Å². The summed E-state index contributed by atoms with van der Waals surface area (Å²) in [6, 6.07) is 5.33. The zero-order valence-electron chi connectivity index (χ0n) is 8.20. The molecule has 0 radical (unpaired) electrons. The molecule has 0 bridgehead atoms. The van der Waals surface area contributed by atoms with E-state index in [4.69, 9.17) is 0 Å². The van der Waals surface area contributed by atoms with Crippen LogP contribution in [0.2, 0.25) is 0 Å². The van der Waals surface area contributed by atoms with Crippen molar-refractivity contribution in [1.82, 2.24) is 14.9 Å². The lowest BCUT2D eigenvalue weighted by Gasteiger charge is -1.99. The van der Waals surface area contributed by atoms with E-state index >= 15 is 0 Å². The van der Waals surface area contributed by atoms with Crippen molar-refractivity contribution in [1.29, 1.82) is 0 Å². The summed E-state index contributed by atoms with van der Waals surface area (Å²) >= 11 is 0. The van der Waals surface area contributed by atoms with Crippen molar-refractivity contribution in [2.45, 2.75) is 6.92 Å². The van der Waals surface area contributed by atoms with Crippen LogP contribution in [0.25, 0.3) is 0 Å². The van der Waals surface area contributed by atoms with Crippen LogP contribution in [0.4, 0.5) is 0 Å². The summed E-state index contributed by atoms with van der Waals surface area (Å²) < 4.78 is 1.46. The molecule has 2 rings (SSSR count). The van der Waals surface area contributed by atoms with Gasteiger partial charge in [-0.25, -0.2) is 4.68 Å². The molecule has 1 aromatic carbocycles. The van der Waals surface area contributed by atoms with E-state index in [1.54, 1.807) is 12.3 Å². The fourth-order valence-electron chi connectivity index (χ4n) is 1.16. The third-order valence-electron chi connectivity index (χ3n) is 1.92. The first kappa shape index (κ1) is 9.39. The van der Waals surface area contributed by atoms with Gasteiger partial charge >= 0.3 is 0 Å². The maximum absolute atomic E-state index is 9.53. The molecule has 5 nitrogen and oxygen atoms in total. The molecule has 0 fully saturated rings. The zero-order valence-corrected chi connectivity index (χ0v) is 8.20. The van der Waals surface area contributed by atoms with Gasteiger partial charge in [-0.3, -0.25) is 0 Å². The molecule has 0 spiro atoms. The number of benzene rings is 1. The number of phenols is 1. The number of aromatic nitrogens is 3. The Kier molecular flexibility index (Phi) is 2.45. The van der Waals surface area contributed by atoms with Gasteiger partial charge in [-0.15, -0.1) is 10.2 Å². The summed E-state index contributed by atoms with van der Waals surface area (Å²) in [4.78, 5) is 0. The molecule has 1 N–H and O–H groups in total. The van der Waals surface area contributed by atoms with Crippen LogP contribution in [0, 0.1) is 6.92 Å². The number of nitrogens with zero attached hydrogens (tertiary/aromatic N) is 4. The van der Waals surface area contributed by atoms with Crippen molar-refractivity contribution < 1.29 is 5.11 Å². The second-order valence-electron chi connectivity index (χ2n) is 3.15. The standard InChI is InChI=1S/C10H10N4O/c1-8-2-3-10(15)9(4-8)5-13-14-6-11-12-7-14/h2-7,15H,1H3/b13-5+. The Balaban J connectivity index is 2.27. The molecule has 2 aromatic rings. The quantitative estimate of drug-likeness (QED) is 0.743. The second kappa shape index (κ2) is 3.91. The molecule has 1 heterocycles. The highest BCUT2D eigenvalue weighted by atomic mass is 16.3. The van der Waals surface area contributed by atoms with Crippen LogP contribution >= 0.6 is 0 Å². The van der Waals surface area contributed by atoms with Crippen LogP contribution in [-0.2, 0) is 0 Å². The summed E-state index contributed by atoms with van der Waals surface area (Å²) in [5.41, 5.74) is 1.74. The maximum atomic E-state index is 9.53. The number of aryl methyl sites for hydroxylation is 1. The minimum Gasteiger partial charge on any atom is -0.507 e. The molecule has 0 unspecified atom stereocenters. The third-order valence-corrected chi connectivity index (χ3v) is 1.92. The highest BCUT2D eigenvalue weighted by Crippen LogP contribution is 2.15. The van der Waals surface area contributed by atoms with Crippen LogP contribution < -0.4 is 0 Å². The summed E-state index contributed by atoms with van der Waals surface area (Å²) in [5, 5.41) is 20.8. The van der Waals surface area contributed by atoms with Gasteiger partial charge in [0.25, 0.3) is 0 Å². The van der Waals surface area contributed by atoms with Gasteiger partial charge < -0.3 is 5.11 Å². The molecule has 76 valence electrons. The van der Waals surface area contributed by atoms with Gasteiger partial charge in [-0.1, -0.05) is 11.6 Å². The van der Waals surface area contributed by atoms with E-state index < -0.39 is 0 Å². The lowest BCUT2D eigenvalue weighted by molar-refractivity contribution is 0.474. The van der Waals surface area contributed by atoms with Crippen molar-refractivity contribution >= 4 is 6.21 Å². The second-order valence-corrected chi connectivity index (χ2v) is 3.15. The Bertz CT molecular complexity index is 476. The number of phenolic OH excluding ortho intramolecular Hbond substituents is 1. The molecule has 0 saturated heterocycles. The number of hydrogen-bond donors (Lipinski definition) is 1. The van der Waals surface area contributed by atoms with Crippen molar-refractivity contribution in [3.63, 3.8) is 0 Å². The van der Waals surface area contributed by atoms with Gasteiger partial charge in [0.2, 0.25) is 0 Å². The van der Waals surface area contributed by atoms with E-state index in [2.05, 4.69) is 15.3 Å². The van der Waals surface area contributed by atoms with E-state index in [1.165, 1.54) is 17.3 Å². The Morgan fingerprint density at radius 3 is 2.80 bits per heavy atom. The molecular formula is C10H10N4O. The molecule has 0 aliphatic heterocycles. The minimum absolute atomic E-state index is 0.206. The molecule has 0 amide bonds. The normalized spacial score (nSPS) is 11.0. The van der Waals surface area contributed by atoms with Gasteiger partial charge in [0, 0.05) is 5.56 Å². The highest BCUT2D eigenvalue weighted by Gasteiger charge is 1.97. The van der Waals surface area contributed by atoms with E-state index in [0.29, 0.717) is 5.56 Å². The molecule has 0 aliphatic carbocycles. The largest absolute Gasteiger partial charge is 0.507 e. The highest BCUT2D eigenvalue weighted by molar-refractivity contribution is 5.83. The van der Waals surface area contributed by atoms with Crippen molar-refractivity contribution in [3.8, 4) is 5.75 Å². The molecule has 1 aromatic heterocycles. The first-order chi connectivity index (χ1) is 7.25. The SMILES string of the molecule is Cc1ccc(O)c(/C=N/n2cnnc2)c1. The Labute approximate surface area is 86.7 Å². The molecule has 0 saturated carbocycles. The lowest BCUT2D eigenvalue weighted by atomic mass is 10.1. The number of hydrogen-bond acceptors (Lipinski definition) is 4. The first-order valence-corrected chi connectivity index (χ1v) is 4.44. The fraction of sp³-hybridized carbons (Fsp3) is 0.100. The molecular weight excluding hydrogens is 192 g/mol. The van der Waals surface area contributed by atoms with Gasteiger partial charge in [0.15, 0.2) is 0 Å². The lowest BCUT2D eigenvalue weighted by Crippen LogP contribution is -1.88. The maximum Gasteiger partial charge on any atom is 0.141 e. The molecule has 0 atom stereocenters.